The predicted molar refractivity (Wildman–Crippen MR) is 106 cm³/mol. The molecule has 0 fully saturated rings. The fraction of sp³-hybridized carbons (Fsp3) is 0.364. The van der Waals surface area contributed by atoms with E-state index in [-0.39, 0.29) is 12.5 Å². The van der Waals surface area contributed by atoms with Crippen molar-refractivity contribution in [3.63, 3.8) is 0 Å². The van der Waals surface area contributed by atoms with Crippen LogP contribution in [0.15, 0.2) is 48.5 Å². The Labute approximate surface area is 160 Å². The van der Waals surface area contributed by atoms with E-state index in [1.165, 1.54) is 0 Å². The van der Waals surface area contributed by atoms with Gasteiger partial charge in [-0.15, -0.1) is 0 Å². The molecule has 0 radical (unpaired) electrons. The zero-order valence-electron chi connectivity index (χ0n) is 16.3. The van der Waals surface area contributed by atoms with Crippen LogP contribution in [0.5, 0.6) is 5.75 Å². The molecule has 144 valence electrons. The lowest BCUT2D eigenvalue weighted by Crippen LogP contribution is -2.32. The van der Waals surface area contributed by atoms with Gasteiger partial charge in [0.15, 0.2) is 12.7 Å². The molecule has 2 aromatic rings. The highest BCUT2D eigenvalue weighted by Crippen LogP contribution is 2.26. The van der Waals surface area contributed by atoms with Crippen LogP contribution in [0, 0.1) is 6.92 Å². The van der Waals surface area contributed by atoms with E-state index in [9.17, 15) is 9.59 Å². The molecule has 0 heterocycles. The van der Waals surface area contributed by atoms with Gasteiger partial charge >= 0.3 is 5.97 Å². The number of carbonyl (C=O) groups excluding carboxylic acids is 2. The van der Waals surface area contributed by atoms with Crippen LogP contribution in [0.4, 0.5) is 5.69 Å². The molecule has 27 heavy (non-hydrogen) atoms. The molecule has 2 aromatic carbocycles. The minimum Gasteiger partial charge on any atom is -0.482 e. The van der Waals surface area contributed by atoms with Crippen molar-refractivity contribution in [2.75, 3.05) is 11.9 Å². The summed E-state index contributed by atoms with van der Waals surface area (Å²) in [5.41, 5.74) is 2.74. The summed E-state index contributed by atoms with van der Waals surface area (Å²) in [6, 6.07) is 15.1. The number of rotatable bonds is 8. The highest BCUT2D eigenvalue weighted by Gasteiger charge is 2.20. The van der Waals surface area contributed by atoms with E-state index >= 15 is 0 Å². The van der Waals surface area contributed by atoms with Crippen molar-refractivity contribution in [1.82, 2.24) is 0 Å². The zero-order chi connectivity index (χ0) is 19.8. The number of anilines is 1. The highest BCUT2D eigenvalue weighted by molar-refractivity contribution is 5.95. The third kappa shape index (κ3) is 5.84. The van der Waals surface area contributed by atoms with Crippen molar-refractivity contribution >= 4 is 17.6 Å². The third-order valence-electron chi connectivity index (χ3n) is 4.48. The second-order valence-electron chi connectivity index (χ2n) is 6.57. The van der Waals surface area contributed by atoms with E-state index in [0.717, 1.165) is 23.2 Å². The molecule has 0 saturated heterocycles. The van der Waals surface area contributed by atoms with Gasteiger partial charge in [-0.05, 0) is 49.4 Å². The Balaban J connectivity index is 1.90. The number of aryl methyl sites for hydroxylation is 1. The molecular weight excluding hydrogens is 342 g/mol. The lowest BCUT2D eigenvalue weighted by molar-refractivity contribution is -0.155. The van der Waals surface area contributed by atoms with Crippen molar-refractivity contribution < 1.29 is 19.1 Å². The summed E-state index contributed by atoms with van der Waals surface area (Å²) in [6.45, 7) is 7.41. The summed E-state index contributed by atoms with van der Waals surface area (Å²) in [5, 5.41) is 2.86. The minimum atomic E-state index is -0.914. The Bertz CT molecular complexity index is 787. The first-order valence-corrected chi connectivity index (χ1v) is 9.20. The summed E-state index contributed by atoms with van der Waals surface area (Å²) in [6.07, 6.45) is 0.0520. The number of benzene rings is 2. The summed E-state index contributed by atoms with van der Waals surface area (Å²) >= 11 is 0. The molecular formula is C22H27NO4. The van der Waals surface area contributed by atoms with Crippen LogP contribution < -0.4 is 10.1 Å². The molecule has 0 unspecified atom stereocenters. The highest BCUT2D eigenvalue weighted by atomic mass is 16.6. The van der Waals surface area contributed by atoms with E-state index in [2.05, 4.69) is 19.2 Å². The Hall–Kier alpha value is -2.82. The Morgan fingerprint density at radius 2 is 1.70 bits per heavy atom. The number of nitrogens with one attached hydrogen (secondary N) is 1. The van der Waals surface area contributed by atoms with Gasteiger partial charge < -0.3 is 14.8 Å². The first-order valence-electron chi connectivity index (χ1n) is 9.20. The van der Waals surface area contributed by atoms with Crippen molar-refractivity contribution in [3.05, 3.63) is 59.7 Å². The van der Waals surface area contributed by atoms with Gasteiger partial charge in [-0.1, -0.05) is 50.2 Å². The fourth-order valence-corrected chi connectivity index (χ4v) is 2.63. The number of hydrogen-bond donors (Lipinski definition) is 1. The molecule has 0 aliphatic carbocycles. The quantitative estimate of drug-likeness (QED) is 0.698. The lowest BCUT2D eigenvalue weighted by atomic mass is 9.97. The minimum absolute atomic E-state index is 0.244. The van der Waals surface area contributed by atoms with Crippen LogP contribution in [-0.4, -0.2) is 24.6 Å². The van der Waals surface area contributed by atoms with E-state index in [4.69, 9.17) is 9.47 Å². The summed E-state index contributed by atoms with van der Waals surface area (Å²) in [7, 11) is 0. The lowest BCUT2D eigenvalue weighted by Gasteiger charge is -2.18. The molecule has 0 bridgehead atoms. The largest absolute Gasteiger partial charge is 0.482 e. The number of amides is 1. The van der Waals surface area contributed by atoms with Crippen LogP contribution in [-0.2, 0) is 14.3 Å². The van der Waals surface area contributed by atoms with Gasteiger partial charge in [-0.25, -0.2) is 4.79 Å². The second-order valence-corrected chi connectivity index (χ2v) is 6.57. The standard InChI is InChI=1S/C22H27NO4/c1-5-15(2)18-11-7-8-12-19(18)23-22(25)17(4)27-21(24)14-26-20-13-9-6-10-16(20)3/h6-13,15,17H,5,14H2,1-4H3,(H,23,25)/t15-,17-/m0/s1. The van der Waals surface area contributed by atoms with Gasteiger partial charge in [0, 0.05) is 5.69 Å². The molecule has 0 saturated carbocycles. The van der Waals surface area contributed by atoms with Crippen LogP contribution in [0.25, 0.3) is 0 Å². The maximum absolute atomic E-state index is 12.4. The van der Waals surface area contributed by atoms with Crippen LogP contribution in [0.1, 0.15) is 44.2 Å². The van der Waals surface area contributed by atoms with Crippen LogP contribution in [0.2, 0.25) is 0 Å². The number of ether oxygens (including phenoxy) is 2. The molecule has 0 spiro atoms. The monoisotopic (exact) mass is 369 g/mol. The molecule has 0 aromatic heterocycles. The molecule has 1 N–H and O–H groups in total. The van der Waals surface area contributed by atoms with E-state index in [1.807, 2.05) is 49.4 Å². The normalized spacial score (nSPS) is 12.7. The van der Waals surface area contributed by atoms with E-state index < -0.39 is 12.1 Å². The first kappa shape index (κ1) is 20.5. The van der Waals surface area contributed by atoms with Gasteiger partial charge in [0.25, 0.3) is 5.91 Å². The van der Waals surface area contributed by atoms with Crippen LogP contribution in [0.3, 0.4) is 0 Å². The first-order chi connectivity index (χ1) is 12.9. The molecule has 5 heteroatoms. The third-order valence-corrected chi connectivity index (χ3v) is 4.48. The number of hydrogen-bond acceptors (Lipinski definition) is 4. The second kappa shape index (κ2) is 9.76. The van der Waals surface area contributed by atoms with Crippen molar-refractivity contribution in [2.45, 2.75) is 46.1 Å². The van der Waals surface area contributed by atoms with Gasteiger partial charge in [0.05, 0.1) is 0 Å². The van der Waals surface area contributed by atoms with Crippen LogP contribution >= 0.6 is 0 Å². The molecule has 5 nitrogen and oxygen atoms in total. The Kier molecular flexibility index (Phi) is 7.41. The van der Waals surface area contributed by atoms with Gasteiger partial charge in [-0.2, -0.15) is 0 Å². The topological polar surface area (TPSA) is 64.6 Å². The van der Waals surface area contributed by atoms with Gasteiger partial charge in [0.1, 0.15) is 5.75 Å². The summed E-state index contributed by atoms with van der Waals surface area (Å²) in [5.74, 6) is -0.0120. The fourth-order valence-electron chi connectivity index (χ4n) is 2.63. The van der Waals surface area contributed by atoms with Crippen molar-refractivity contribution in [1.29, 1.82) is 0 Å². The maximum atomic E-state index is 12.4. The van der Waals surface area contributed by atoms with Crippen molar-refractivity contribution in [2.24, 2.45) is 0 Å². The number of esters is 1. The molecule has 2 atom stereocenters. The summed E-state index contributed by atoms with van der Waals surface area (Å²) < 4.78 is 10.7. The summed E-state index contributed by atoms with van der Waals surface area (Å²) in [4.78, 5) is 24.4. The molecule has 1 amide bonds. The van der Waals surface area contributed by atoms with Crippen molar-refractivity contribution in [3.8, 4) is 5.75 Å². The van der Waals surface area contributed by atoms with E-state index in [0.29, 0.717) is 11.7 Å². The number of para-hydroxylation sites is 2. The number of carbonyl (C=O) groups is 2. The van der Waals surface area contributed by atoms with Gasteiger partial charge in [-0.3, -0.25) is 4.79 Å². The predicted octanol–water partition coefficient (Wildman–Crippen LogP) is 4.46. The average Bonchev–Trinajstić information content (AvgIpc) is 2.67. The zero-order valence-corrected chi connectivity index (χ0v) is 16.3. The van der Waals surface area contributed by atoms with Gasteiger partial charge in [0.2, 0.25) is 0 Å². The van der Waals surface area contributed by atoms with E-state index in [1.54, 1.807) is 13.0 Å². The molecule has 0 aliphatic rings. The average molecular weight is 369 g/mol. The smallest absolute Gasteiger partial charge is 0.344 e. The molecule has 0 aliphatic heterocycles. The Morgan fingerprint density at radius 1 is 1.04 bits per heavy atom. The SMILES string of the molecule is CC[C@H](C)c1ccccc1NC(=O)[C@H](C)OC(=O)COc1ccccc1C. The maximum Gasteiger partial charge on any atom is 0.344 e. The Morgan fingerprint density at radius 3 is 2.41 bits per heavy atom. The molecule has 2 rings (SSSR count).